The van der Waals surface area contributed by atoms with Gasteiger partial charge in [-0.15, -0.1) is 0 Å². The molecule has 2 N–H and O–H groups in total. The Hall–Kier alpha value is -1.16. The number of aliphatic hydroxyl groups excluding tert-OH is 2. The number of unbranched alkanes of at least 4 members (excludes halogenated alkanes) is 1. The summed E-state index contributed by atoms with van der Waals surface area (Å²) in [5.74, 6) is 0. The van der Waals surface area contributed by atoms with Gasteiger partial charge in [0.15, 0.2) is 0 Å². The maximum atomic E-state index is 9.72. The van der Waals surface area contributed by atoms with Gasteiger partial charge in [0, 0.05) is 6.61 Å². The van der Waals surface area contributed by atoms with Gasteiger partial charge in [-0.2, -0.15) is 0 Å². The molecule has 3 heteroatoms. The second kappa shape index (κ2) is 10.6. The van der Waals surface area contributed by atoms with Gasteiger partial charge in [-0.1, -0.05) is 42.5 Å². The van der Waals surface area contributed by atoms with E-state index in [0.717, 1.165) is 25.9 Å². The van der Waals surface area contributed by atoms with Crippen molar-refractivity contribution in [3.8, 4) is 0 Å². The van der Waals surface area contributed by atoms with E-state index < -0.39 is 6.10 Å². The fourth-order valence-corrected chi connectivity index (χ4v) is 1.90. The second-order valence-electron chi connectivity index (χ2n) is 5.09. The first-order valence-corrected chi connectivity index (χ1v) is 7.33. The van der Waals surface area contributed by atoms with E-state index in [0.29, 0.717) is 13.0 Å². The number of ether oxygens (including phenoxy) is 1. The summed E-state index contributed by atoms with van der Waals surface area (Å²) in [6.07, 6.45) is 6.08. The Bertz CT molecular complexity index is 360. The molecule has 1 aromatic rings. The molecule has 20 heavy (non-hydrogen) atoms. The van der Waals surface area contributed by atoms with Crippen LogP contribution in [0.5, 0.6) is 0 Å². The van der Waals surface area contributed by atoms with Crippen LogP contribution in [-0.2, 0) is 11.3 Å². The minimum Gasteiger partial charge on any atom is -0.393 e. The molecule has 112 valence electrons. The molecule has 0 heterocycles. The molecule has 1 rings (SSSR count). The van der Waals surface area contributed by atoms with E-state index in [1.807, 2.05) is 24.3 Å². The Morgan fingerprint density at radius 1 is 1.15 bits per heavy atom. The van der Waals surface area contributed by atoms with E-state index in [1.54, 1.807) is 13.0 Å². The van der Waals surface area contributed by atoms with E-state index >= 15 is 0 Å². The van der Waals surface area contributed by atoms with Crippen molar-refractivity contribution >= 4 is 0 Å². The van der Waals surface area contributed by atoms with Crippen molar-refractivity contribution in [3.05, 3.63) is 48.0 Å². The molecular weight excluding hydrogens is 252 g/mol. The maximum Gasteiger partial charge on any atom is 0.0716 e. The SMILES string of the molecule is C[C@@H](O)/C=C\C[C@@H](O)CCCCOCc1ccccc1. The van der Waals surface area contributed by atoms with Gasteiger partial charge in [0.05, 0.1) is 18.8 Å². The number of benzene rings is 1. The van der Waals surface area contributed by atoms with Gasteiger partial charge in [0.1, 0.15) is 0 Å². The zero-order chi connectivity index (χ0) is 14.6. The lowest BCUT2D eigenvalue weighted by Gasteiger charge is -2.08. The summed E-state index contributed by atoms with van der Waals surface area (Å²) >= 11 is 0. The molecule has 0 spiro atoms. The van der Waals surface area contributed by atoms with Gasteiger partial charge in [0.25, 0.3) is 0 Å². The first-order chi connectivity index (χ1) is 9.68. The van der Waals surface area contributed by atoms with Crippen molar-refractivity contribution in [2.45, 2.75) is 51.4 Å². The van der Waals surface area contributed by atoms with Gasteiger partial charge >= 0.3 is 0 Å². The van der Waals surface area contributed by atoms with Gasteiger partial charge < -0.3 is 14.9 Å². The van der Waals surface area contributed by atoms with Crippen LogP contribution >= 0.6 is 0 Å². The van der Waals surface area contributed by atoms with E-state index in [4.69, 9.17) is 9.84 Å². The quantitative estimate of drug-likeness (QED) is 0.511. The molecule has 0 bridgehead atoms. The molecule has 2 atom stereocenters. The Labute approximate surface area is 121 Å². The van der Waals surface area contributed by atoms with Gasteiger partial charge in [-0.05, 0) is 38.2 Å². The second-order valence-corrected chi connectivity index (χ2v) is 5.09. The molecule has 0 aromatic heterocycles. The highest BCUT2D eigenvalue weighted by molar-refractivity contribution is 5.13. The summed E-state index contributed by atoms with van der Waals surface area (Å²) in [6, 6.07) is 10.1. The van der Waals surface area contributed by atoms with E-state index in [9.17, 15) is 5.11 Å². The highest BCUT2D eigenvalue weighted by Gasteiger charge is 2.01. The van der Waals surface area contributed by atoms with Gasteiger partial charge in [-0.3, -0.25) is 0 Å². The molecule has 1 aromatic carbocycles. The summed E-state index contributed by atoms with van der Waals surface area (Å²) in [5, 5.41) is 18.8. The summed E-state index contributed by atoms with van der Waals surface area (Å²) in [7, 11) is 0. The van der Waals surface area contributed by atoms with Crippen LogP contribution in [0, 0.1) is 0 Å². The lowest BCUT2D eigenvalue weighted by Crippen LogP contribution is -2.06. The molecule has 0 radical (unpaired) electrons. The summed E-state index contributed by atoms with van der Waals surface area (Å²) in [5.41, 5.74) is 1.19. The first-order valence-electron chi connectivity index (χ1n) is 7.33. The Morgan fingerprint density at radius 3 is 2.60 bits per heavy atom. The summed E-state index contributed by atoms with van der Waals surface area (Å²) < 4.78 is 5.59. The fraction of sp³-hybridized carbons (Fsp3) is 0.529. The molecule has 3 nitrogen and oxygen atoms in total. The first kappa shape index (κ1) is 16.9. The summed E-state index contributed by atoms with van der Waals surface area (Å²) in [6.45, 7) is 3.08. The summed E-state index contributed by atoms with van der Waals surface area (Å²) in [4.78, 5) is 0. The molecule has 0 fully saturated rings. The zero-order valence-corrected chi connectivity index (χ0v) is 12.2. The van der Waals surface area contributed by atoms with Crippen molar-refractivity contribution in [2.75, 3.05) is 6.61 Å². The predicted molar refractivity (Wildman–Crippen MR) is 81.4 cm³/mol. The van der Waals surface area contributed by atoms with Gasteiger partial charge in [0.2, 0.25) is 0 Å². The highest BCUT2D eigenvalue weighted by atomic mass is 16.5. The lowest BCUT2D eigenvalue weighted by molar-refractivity contribution is 0.109. The van der Waals surface area contributed by atoms with Gasteiger partial charge in [-0.25, -0.2) is 0 Å². The lowest BCUT2D eigenvalue weighted by atomic mass is 10.1. The zero-order valence-electron chi connectivity index (χ0n) is 12.2. The molecular formula is C17H26O3. The van der Waals surface area contributed by atoms with Crippen LogP contribution < -0.4 is 0 Å². The smallest absolute Gasteiger partial charge is 0.0716 e. The van der Waals surface area contributed by atoms with Crippen molar-refractivity contribution in [1.29, 1.82) is 0 Å². The minimum absolute atomic E-state index is 0.320. The van der Waals surface area contributed by atoms with Crippen LogP contribution in [0.25, 0.3) is 0 Å². The van der Waals surface area contributed by atoms with E-state index in [-0.39, 0.29) is 6.10 Å². The molecule has 0 aliphatic heterocycles. The van der Waals surface area contributed by atoms with Crippen molar-refractivity contribution < 1.29 is 14.9 Å². The predicted octanol–water partition coefficient (Wildman–Crippen LogP) is 3.06. The Balaban J connectivity index is 1.96. The van der Waals surface area contributed by atoms with Crippen molar-refractivity contribution in [1.82, 2.24) is 0 Å². The topological polar surface area (TPSA) is 49.7 Å². The number of hydrogen-bond acceptors (Lipinski definition) is 3. The van der Waals surface area contributed by atoms with E-state index in [2.05, 4.69) is 12.1 Å². The van der Waals surface area contributed by atoms with Crippen LogP contribution in [0.4, 0.5) is 0 Å². The Morgan fingerprint density at radius 2 is 1.90 bits per heavy atom. The van der Waals surface area contributed by atoms with Crippen molar-refractivity contribution in [3.63, 3.8) is 0 Å². The van der Waals surface area contributed by atoms with Crippen LogP contribution in [0.1, 0.15) is 38.2 Å². The normalized spacial score (nSPS) is 14.6. The largest absolute Gasteiger partial charge is 0.393 e. The molecule has 0 aliphatic rings. The van der Waals surface area contributed by atoms with Crippen LogP contribution in [0.3, 0.4) is 0 Å². The third kappa shape index (κ3) is 8.86. The monoisotopic (exact) mass is 278 g/mol. The average molecular weight is 278 g/mol. The highest BCUT2D eigenvalue weighted by Crippen LogP contribution is 2.07. The van der Waals surface area contributed by atoms with Crippen molar-refractivity contribution in [2.24, 2.45) is 0 Å². The molecule has 0 saturated carbocycles. The fourth-order valence-electron chi connectivity index (χ4n) is 1.90. The third-order valence-electron chi connectivity index (χ3n) is 3.01. The molecule has 0 unspecified atom stereocenters. The average Bonchev–Trinajstić information content (AvgIpc) is 2.43. The standard InChI is InChI=1S/C17H26O3/c1-15(18)8-7-12-17(19)11-5-6-13-20-14-16-9-3-2-4-10-16/h2-4,7-10,15,17-19H,5-6,11-14H2,1H3/b8-7-/t15-,17+/m1/s1. The third-order valence-corrected chi connectivity index (χ3v) is 3.01. The molecule has 0 saturated heterocycles. The van der Waals surface area contributed by atoms with E-state index in [1.165, 1.54) is 5.56 Å². The molecule has 0 aliphatic carbocycles. The minimum atomic E-state index is -0.436. The number of rotatable bonds is 10. The van der Waals surface area contributed by atoms with Crippen LogP contribution in [0.15, 0.2) is 42.5 Å². The number of aliphatic hydroxyl groups is 2. The Kier molecular flexibility index (Phi) is 8.96. The molecule has 0 amide bonds. The van der Waals surface area contributed by atoms with Crippen LogP contribution in [-0.4, -0.2) is 29.0 Å². The maximum absolute atomic E-state index is 9.72. The van der Waals surface area contributed by atoms with Crippen LogP contribution in [0.2, 0.25) is 0 Å². The number of hydrogen-bond donors (Lipinski definition) is 2.